The molecule has 8 heteroatoms. The number of hydrogen-bond donors (Lipinski definition) is 1. The summed E-state index contributed by atoms with van der Waals surface area (Å²) >= 11 is 0. The van der Waals surface area contributed by atoms with Crippen LogP contribution in [0.2, 0.25) is 0 Å². The van der Waals surface area contributed by atoms with Crippen molar-refractivity contribution in [3.05, 3.63) is 48.5 Å². The molecule has 0 aliphatic carbocycles. The van der Waals surface area contributed by atoms with Crippen molar-refractivity contribution >= 4 is 15.9 Å². The van der Waals surface area contributed by atoms with E-state index in [2.05, 4.69) is 9.71 Å². The van der Waals surface area contributed by atoms with E-state index in [1.165, 1.54) is 6.07 Å². The molecule has 2 aromatic rings. The third-order valence-corrected chi connectivity index (χ3v) is 6.58. The molecular formula is C18H21N3O4S. The molecule has 2 saturated heterocycles. The normalized spacial score (nSPS) is 25.2. The predicted octanol–water partition coefficient (Wildman–Crippen LogP) is 1.69. The van der Waals surface area contributed by atoms with Gasteiger partial charge in [0.05, 0.1) is 29.3 Å². The molecule has 4 rings (SSSR count). The molecule has 1 amide bonds. The number of nitrogens with one attached hydrogen (secondary N) is 1. The fraction of sp³-hybridized carbons (Fsp3) is 0.444. The fourth-order valence-electron chi connectivity index (χ4n) is 3.83. The number of hydrogen-bond acceptors (Lipinski definition) is 5. The van der Waals surface area contributed by atoms with Gasteiger partial charge in [0.15, 0.2) is 0 Å². The fourth-order valence-corrected chi connectivity index (χ4v) is 5.09. The van der Waals surface area contributed by atoms with Crippen molar-refractivity contribution < 1.29 is 17.9 Å². The molecule has 26 heavy (non-hydrogen) atoms. The van der Waals surface area contributed by atoms with E-state index in [4.69, 9.17) is 4.74 Å². The lowest BCUT2D eigenvalue weighted by molar-refractivity contribution is -0.132. The van der Waals surface area contributed by atoms with Crippen LogP contribution in [-0.4, -0.2) is 36.1 Å². The Bertz CT molecular complexity index is 895. The quantitative estimate of drug-likeness (QED) is 0.859. The van der Waals surface area contributed by atoms with Gasteiger partial charge in [-0.05, 0) is 37.3 Å². The van der Waals surface area contributed by atoms with Crippen molar-refractivity contribution in [2.75, 3.05) is 0 Å². The second-order valence-electron chi connectivity index (χ2n) is 6.87. The minimum atomic E-state index is -3.95. The average Bonchev–Trinajstić information content (AvgIpc) is 3.25. The Balaban J connectivity index is 1.54. The van der Waals surface area contributed by atoms with Crippen LogP contribution in [0.5, 0.6) is 0 Å². The number of fused-ring (bicyclic) bond motifs is 2. The number of carbonyl (C=O) groups excluding carboxylic acids is 1. The molecule has 1 N–H and O–H groups in total. The molecule has 0 saturated carbocycles. The highest BCUT2D eigenvalue weighted by molar-refractivity contribution is 7.90. The molecule has 2 aliphatic heterocycles. The van der Waals surface area contributed by atoms with Crippen LogP contribution in [0.15, 0.2) is 47.9 Å². The number of amides is 1. The first-order valence-corrected chi connectivity index (χ1v) is 10.3. The average molecular weight is 375 g/mol. The second-order valence-corrected chi connectivity index (χ2v) is 8.52. The van der Waals surface area contributed by atoms with Crippen molar-refractivity contribution in [3.8, 4) is 0 Å². The first kappa shape index (κ1) is 17.2. The summed E-state index contributed by atoms with van der Waals surface area (Å²) in [7, 11) is -3.95. The van der Waals surface area contributed by atoms with Crippen molar-refractivity contribution in [3.63, 3.8) is 0 Å². The molecule has 138 valence electrons. The minimum absolute atomic E-state index is 0.114. The maximum absolute atomic E-state index is 12.8. The highest BCUT2D eigenvalue weighted by Crippen LogP contribution is 2.36. The highest BCUT2D eigenvalue weighted by atomic mass is 32.2. The molecule has 0 unspecified atom stereocenters. The van der Waals surface area contributed by atoms with E-state index in [-0.39, 0.29) is 17.1 Å². The Morgan fingerprint density at radius 1 is 1.23 bits per heavy atom. The van der Waals surface area contributed by atoms with Gasteiger partial charge in [0, 0.05) is 18.9 Å². The van der Waals surface area contributed by atoms with Gasteiger partial charge in [-0.1, -0.05) is 18.2 Å². The van der Waals surface area contributed by atoms with E-state index in [0.29, 0.717) is 18.5 Å². The number of imidazole rings is 1. The lowest BCUT2D eigenvalue weighted by Crippen LogP contribution is -2.42. The van der Waals surface area contributed by atoms with Crippen LogP contribution in [0.25, 0.3) is 0 Å². The Morgan fingerprint density at radius 3 is 2.85 bits per heavy atom. The summed E-state index contributed by atoms with van der Waals surface area (Å²) in [6, 6.07) is 6.69. The van der Waals surface area contributed by atoms with Crippen LogP contribution in [-0.2, 0) is 26.1 Å². The van der Waals surface area contributed by atoms with E-state index < -0.39 is 21.8 Å². The van der Waals surface area contributed by atoms with Crippen LogP contribution < -0.4 is 4.72 Å². The number of nitrogens with zero attached hydrogens (tertiary/aromatic N) is 2. The van der Waals surface area contributed by atoms with Crippen LogP contribution in [0.3, 0.4) is 0 Å². The van der Waals surface area contributed by atoms with E-state index in [1.807, 2.05) is 0 Å². The van der Waals surface area contributed by atoms with E-state index in [0.717, 1.165) is 19.3 Å². The van der Waals surface area contributed by atoms with Gasteiger partial charge in [0.25, 0.3) is 10.0 Å². The number of benzene rings is 1. The molecule has 3 atom stereocenters. The molecule has 7 nitrogen and oxygen atoms in total. The monoisotopic (exact) mass is 375 g/mol. The van der Waals surface area contributed by atoms with Gasteiger partial charge in [-0.25, -0.2) is 18.1 Å². The Hall–Kier alpha value is -2.19. The van der Waals surface area contributed by atoms with Crippen LogP contribution in [0.4, 0.5) is 0 Å². The van der Waals surface area contributed by atoms with Crippen LogP contribution in [0.1, 0.15) is 31.2 Å². The van der Waals surface area contributed by atoms with E-state index in [1.54, 1.807) is 41.5 Å². The van der Waals surface area contributed by atoms with Gasteiger partial charge in [0.1, 0.15) is 0 Å². The summed E-state index contributed by atoms with van der Waals surface area (Å²) in [4.78, 5) is 16.7. The van der Waals surface area contributed by atoms with Gasteiger partial charge >= 0.3 is 0 Å². The van der Waals surface area contributed by atoms with Gasteiger partial charge < -0.3 is 9.30 Å². The minimum Gasteiger partial charge on any atom is -0.374 e. The SMILES string of the molecule is O=C(NS(=O)(=O)c1ccccc1Cn1ccnc1)[C@@H]1CC[C@H]2CC[C@H]1O2. The zero-order valence-electron chi connectivity index (χ0n) is 14.2. The first-order chi connectivity index (χ1) is 12.5. The molecule has 3 heterocycles. The third kappa shape index (κ3) is 3.39. The van der Waals surface area contributed by atoms with Crippen molar-refractivity contribution in [2.24, 2.45) is 5.92 Å². The van der Waals surface area contributed by atoms with Gasteiger partial charge in [-0.3, -0.25) is 4.79 Å². The largest absolute Gasteiger partial charge is 0.374 e. The Morgan fingerprint density at radius 2 is 2.04 bits per heavy atom. The summed E-state index contributed by atoms with van der Waals surface area (Å²) in [5, 5.41) is 0. The molecule has 1 aromatic heterocycles. The molecule has 2 bridgehead atoms. The standard InChI is InChI=1S/C18H21N3O4S/c22-18(15-7-5-14-6-8-16(15)25-14)20-26(23,24)17-4-2-1-3-13(17)11-21-10-9-19-12-21/h1-4,9-10,12,14-16H,5-8,11H2,(H,20,22)/t14-,15+,16+/m0/s1. The van der Waals surface area contributed by atoms with Gasteiger partial charge in [-0.2, -0.15) is 0 Å². The van der Waals surface area contributed by atoms with Crippen LogP contribution in [0, 0.1) is 5.92 Å². The molecular weight excluding hydrogens is 354 g/mol. The van der Waals surface area contributed by atoms with E-state index in [9.17, 15) is 13.2 Å². The number of ether oxygens (including phenoxy) is 1. The second kappa shape index (κ2) is 6.85. The van der Waals surface area contributed by atoms with E-state index >= 15 is 0 Å². The lowest BCUT2D eigenvalue weighted by Gasteiger charge is -2.28. The zero-order chi connectivity index (χ0) is 18.1. The van der Waals surface area contributed by atoms with Gasteiger partial charge in [-0.15, -0.1) is 0 Å². The number of rotatable bonds is 5. The summed E-state index contributed by atoms with van der Waals surface area (Å²) in [5.41, 5.74) is 0.603. The predicted molar refractivity (Wildman–Crippen MR) is 93.7 cm³/mol. The van der Waals surface area contributed by atoms with Crippen molar-refractivity contribution in [1.82, 2.24) is 14.3 Å². The first-order valence-electron chi connectivity index (χ1n) is 8.79. The topological polar surface area (TPSA) is 90.3 Å². The maximum Gasteiger partial charge on any atom is 0.264 e. The summed E-state index contributed by atoms with van der Waals surface area (Å²) in [5.74, 6) is -0.864. The van der Waals surface area contributed by atoms with Gasteiger partial charge in [0.2, 0.25) is 5.91 Å². The number of aromatic nitrogens is 2. The lowest BCUT2D eigenvalue weighted by atomic mass is 9.95. The Labute approximate surface area is 152 Å². The zero-order valence-corrected chi connectivity index (χ0v) is 15.1. The molecule has 2 fully saturated rings. The molecule has 0 spiro atoms. The third-order valence-electron chi connectivity index (χ3n) is 5.13. The molecule has 1 aromatic carbocycles. The number of carbonyl (C=O) groups is 1. The highest BCUT2D eigenvalue weighted by Gasteiger charge is 2.41. The van der Waals surface area contributed by atoms with Crippen molar-refractivity contribution in [2.45, 2.75) is 49.3 Å². The maximum atomic E-state index is 12.8. The number of sulfonamides is 1. The Kier molecular flexibility index (Phi) is 4.54. The summed E-state index contributed by atoms with van der Waals surface area (Å²) in [6.45, 7) is 0.363. The smallest absolute Gasteiger partial charge is 0.264 e. The summed E-state index contributed by atoms with van der Waals surface area (Å²) in [6.07, 6.45) is 8.35. The van der Waals surface area contributed by atoms with Crippen molar-refractivity contribution in [1.29, 1.82) is 0 Å². The molecule has 0 radical (unpaired) electrons. The van der Waals surface area contributed by atoms with Crippen LogP contribution >= 0.6 is 0 Å². The summed E-state index contributed by atoms with van der Waals surface area (Å²) < 4.78 is 35.5. The molecule has 2 aliphatic rings.